The summed E-state index contributed by atoms with van der Waals surface area (Å²) in [5.74, 6) is 0.316. The van der Waals surface area contributed by atoms with Gasteiger partial charge < -0.3 is 10.1 Å². The van der Waals surface area contributed by atoms with Crippen molar-refractivity contribution >= 4 is 27.3 Å². The first-order valence-electron chi connectivity index (χ1n) is 10.3. The Hall–Kier alpha value is -3.32. The topological polar surface area (TPSA) is 75.7 Å². The third-order valence-electron chi connectivity index (χ3n) is 5.10. The van der Waals surface area contributed by atoms with Gasteiger partial charge in [-0.05, 0) is 92.9 Å². The number of sulfonamides is 1. The van der Waals surface area contributed by atoms with E-state index in [9.17, 15) is 13.2 Å². The normalized spacial score (nSPS) is 11.2. The van der Waals surface area contributed by atoms with E-state index in [0.29, 0.717) is 34.9 Å². The van der Waals surface area contributed by atoms with Crippen molar-refractivity contribution < 1.29 is 17.9 Å². The van der Waals surface area contributed by atoms with E-state index < -0.39 is 10.0 Å². The average Bonchev–Trinajstić information content (AvgIpc) is 2.73. The van der Waals surface area contributed by atoms with Crippen molar-refractivity contribution in [3.05, 3.63) is 82.9 Å². The molecule has 1 amide bonds. The molecule has 0 bridgehead atoms. The minimum atomic E-state index is -3.86. The van der Waals surface area contributed by atoms with E-state index in [0.717, 1.165) is 11.1 Å². The number of nitrogens with zero attached hydrogens (tertiary/aromatic N) is 1. The molecule has 3 aromatic rings. The second-order valence-electron chi connectivity index (χ2n) is 7.71. The number of anilines is 2. The molecule has 0 aliphatic heterocycles. The lowest BCUT2D eigenvalue weighted by molar-refractivity contribution is 0.102. The third-order valence-corrected chi connectivity index (χ3v) is 6.88. The summed E-state index contributed by atoms with van der Waals surface area (Å²) in [6.45, 7) is 8.11. The number of hydrogen-bond acceptors (Lipinski definition) is 4. The Morgan fingerprint density at radius 1 is 0.938 bits per heavy atom. The van der Waals surface area contributed by atoms with Crippen molar-refractivity contribution in [1.82, 2.24) is 0 Å². The van der Waals surface area contributed by atoms with Gasteiger partial charge >= 0.3 is 0 Å². The smallest absolute Gasteiger partial charge is 0.264 e. The highest BCUT2D eigenvalue weighted by molar-refractivity contribution is 7.92. The zero-order valence-corrected chi connectivity index (χ0v) is 19.8. The van der Waals surface area contributed by atoms with Crippen LogP contribution in [0.1, 0.15) is 34.0 Å². The molecule has 1 N–H and O–H groups in total. The van der Waals surface area contributed by atoms with Crippen molar-refractivity contribution in [2.75, 3.05) is 23.3 Å². The van der Waals surface area contributed by atoms with E-state index in [4.69, 9.17) is 4.74 Å². The molecule has 7 heteroatoms. The zero-order valence-electron chi connectivity index (χ0n) is 19.0. The Labute approximate surface area is 189 Å². The van der Waals surface area contributed by atoms with E-state index in [1.165, 1.54) is 23.5 Å². The second-order valence-corrected chi connectivity index (χ2v) is 9.68. The second kappa shape index (κ2) is 9.44. The van der Waals surface area contributed by atoms with Gasteiger partial charge in [0.2, 0.25) is 0 Å². The maximum absolute atomic E-state index is 13.2. The molecule has 0 aromatic heterocycles. The molecule has 0 spiro atoms. The van der Waals surface area contributed by atoms with E-state index in [1.54, 1.807) is 37.3 Å². The van der Waals surface area contributed by atoms with Gasteiger partial charge in [-0.2, -0.15) is 0 Å². The van der Waals surface area contributed by atoms with Crippen LogP contribution in [0.3, 0.4) is 0 Å². The number of carbonyl (C=O) groups excluding carboxylic acids is 1. The highest BCUT2D eigenvalue weighted by Crippen LogP contribution is 2.26. The molecule has 0 saturated heterocycles. The molecule has 32 heavy (non-hydrogen) atoms. The van der Waals surface area contributed by atoms with Gasteiger partial charge in [0.25, 0.3) is 15.9 Å². The largest absolute Gasteiger partial charge is 0.494 e. The number of aryl methyl sites for hydroxylation is 3. The predicted octanol–water partition coefficient (Wildman–Crippen LogP) is 5.09. The Morgan fingerprint density at radius 3 is 2.16 bits per heavy atom. The monoisotopic (exact) mass is 452 g/mol. The van der Waals surface area contributed by atoms with Gasteiger partial charge in [-0.25, -0.2) is 8.42 Å². The summed E-state index contributed by atoms with van der Waals surface area (Å²) in [5.41, 5.74) is 4.23. The van der Waals surface area contributed by atoms with Gasteiger partial charge in [0, 0.05) is 18.3 Å². The Bertz CT molecular complexity index is 1220. The quantitative estimate of drug-likeness (QED) is 0.542. The number of benzene rings is 3. The Morgan fingerprint density at radius 2 is 1.56 bits per heavy atom. The summed E-state index contributed by atoms with van der Waals surface area (Å²) >= 11 is 0. The summed E-state index contributed by atoms with van der Waals surface area (Å²) in [7, 11) is -2.38. The highest BCUT2D eigenvalue weighted by atomic mass is 32.2. The molecule has 3 aromatic carbocycles. The first-order chi connectivity index (χ1) is 15.1. The highest BCUT2D eigenvalue weighted by Gasteiger charge is 2.23. The first-order valence-corrected chi connectivity index (χ1v) is 11.8. The van der Waals surface area contributed by atoms with Crippen molar-refractivity contribution in [1.29, 1.82) is 0 Å². The minimum absolute atomic E-state index is 0.0463. The van der Waals surface area contributed by atoms with Crippen LogP contribution in [-0.2, 0) is 10.0 Å². The lowest BCUT2D eigenvalue weighted by Crippen LogP contribution is -2.27. The summed E-state index contributed by atoms with van der Waals surface area (Å²) in [4.78, 5) is 13.0. The molecule has 0 radical (unpaired) electrons. The fraction of sp³-hybridized carbons (Fsp3) is 0.240. The van der Waals surface area contributed by atoms with Crippen molar-refractivity contribution in [3.63, 3.8) is 0 Å². The molecule has 0 heterocycles. The van der Waals surface area contributed by atoms with Gasteiger partial charge in [0.1, 0.15) is 5.75 Å². The van der Waals surface area contributed by atoms with Crippen molar-refractivity contribution in [2.45, 2.75) is 32.6 Å². The van der Waals surface area contributed by atoms with Crippen LogP contribution in [0.5, 0.6) is 5.75 Å². The maximum atomic E-state index is 13.2. The van der Waals surface area contributed by atoms with Crippen LogP contribution in [0.4, 0.5) is 11.4 Å². The Balaban J connectivity index is 1.89. The first kappa shape index (κ1) is 23.3. The van der Waals surface area contributed by atoms with E-state index in [1.807, 2.05) is 39.0 Å². The molecule has 0 fully saturated rings. The molecular weight excluding hydrogens is 424 g/mol. The SMILES string of the molecule is CCOc1ccc(N(C)S(=O)(=O)c2ccc(C)c(C(=O)Nc3cc(C)cc(C)c3)c2)cc1. The average molecular weight is 453 g/mol. The summed E-state index contributed by atoms with van der Waals surface area (Å²) in [6.07, 6.45) is 0. The molecule has 0 aliphatic rings. The lowest BCUT2D eigenvalue weighted by Gasteiger charge is -2.20. The summed E-state index contributed by atoms with van der Waals surface area (Å²) in [5, 5.41) is 2.88. The zero-order chi connectivity index (χ0) is 23.5. The van der Waals surface area contributed by atoms with Crippen LogP contribution < -0.4 is 14.4 Å². The molecule has 3 rings (SSSR count). The third kappa shape index (κ3) is 5.11. The summed E-state index contributed by atoms with van der Waals surface area (Å²) in [6, 6.07) is 17.2. The van der Waals surface area contributed by atoms with Gasteiger partial charge in [0.05, 0.1) is 17.2 Å². The van der Waals surface area contributed by atoms with Crippen LogP contribution in [-0.4, -0.2) is 28.0 Å². The van der Waals surface area contributed by atoms with Crippen molar-refractivity contribution in [3.8, 4) is 5.75 Å². The van der Waals surface area contributed by atoms with Gasteiger partial charge in [-0.15, -0.1) is 0 Å². The van der Waals surface area contributed by atoms with Crippen LogP contribution in [0.25, 0.3) is 0 Å². The molecule has 6 nitrogen and oxygen atoms in total. The fourth-order valence-corrected chi connectivity index (χ4v) is 4.69. The van der Waals surface area contributed by atoms with Crippen LogP contribution >= 0.6 is 0 Å². The minimum Gasteiger partial charge on any atom is -0.494 e. The molecular formula is C25H28N2O4S. The number of nitrogens with one attached hydrogen (secondary N) is 1. The molecule has 0 saturated carbocycles. The van der Waals surface area contributed by atoms with Gasteiger partial charge in [-0.1, -0.05) is 12.1 Å². The van der Waals surface area contributed by atoms with Crippen LogP contribution in [0.15, 0.2) is 65.6 Å². The predicted molar refractivity (Wildman–Crippen MR) is 128 cm³/mol. The Kier molecular flexibility index (Phi) is 6.89. The maximum Gasteiger partial charge on any atom is 0.264 e. The number of rotatable bonds is 7. The number of carbonyl (C=O) groups is 1. The van der Waals surface area contributed by atoms with Crippen LogP contribution in [0.2, 0.25) is 0 Å². The fourth-order valence-electron chi connectivity index (χ4n) is 3.47. The molecule has 0 unspecified atom stereocenters. The number of ether oxygens (including phenoxy) is 1. The summed E-state index contributed by atoms with van der Waals surface area (Å²) < 4.78 is 33.1. The molecule has 0 atom stereocenters. The van der Waals surface area contributed by atoms with E-state index >= 15 is 0 Å². The standard InChI is InChI=1S/C25H28N2O4S/c1-6-31-22-10-8-21(9-11-22)27(5)32(29,30)23-12-7-19(4)24(16-23)25(28)26-20-14-17(2)13-18(3)15-20/h7-16H,6H2,1-5H3,(H,26,28). The number of amides is 1. The van der Waals surface area contributed by atoms with Crippen molar-refractivity contribution in [2.24, 2.45) is 0 Å². The lowest BCUT2D eigenvalue weighted by atomic mass is 10.1. The number of hydrogen-bond donors (Lipinski definition) is 1. The molecule has 168 valence electrons. The van der Waals surface area contributed by atoms with E-state index in [2.05, 4.69) is 5.32 Å². The van der Waals surface area contributed by atoms with Gasteiger partial charge in [-0.3, -0.25) is 9.10 Å². The van der Waals surface area contributed by atoms with E-state index in [-0.39, 0.29) is 10.8 Å². The molecule has 0 aliphatic carbocycles. The van der Waals surface area contributed by atoms with Gasteiger partial charge in [0.15, 0.2) is 0 Å². The van der Waals surface area contributed by atoms with Crippen LogP contribution in [0, 0.1) is 20.8 Å².